The maximum atomic E-state index is 13.0. The van der Waals surface area contributed by atoms with E-state index in [1.165, 1.54) is 18.9 Å². The van der Waals surface area contributed by atoms with Crippen molar-refractivity contribution in [2.24, 2.45) is 5.16 Å². The van der Waals surface area contributed by atoms with Gasteiger partial charge in [-0.3, -0.25) is 14.5 Å². The van der Waals surface area contributed by atoms with Crippen molar-refractivity contribution in [1.29, 1.82) is 0 Å². The highest BCUT2D eigenvalue weighted by Gasteiger charge is 2.53. The van der Waals surface area contributed by atoms with Gasteiger partial charge in [0.25, 0.3) is 23.8 Å². The van der Waals surface area contributed by atoms with Gasteiger partial charge in [-0.15, -0.1) is 11.8 Å². The fourth-order valence-electron chi connectivity index (χ4n) is 4.07. The number of pyridine rings is 1. The molecule has 3 aromatic rings. The number of hydrogen-bond donors (Lipinski definition) is 2. The Bertz CT molecular complexity index is 1460. The van der Waals surface area contributed by atoms with Crippen molar-refractivity contribution in [1.82, 2.24) is 29.2 Å². The average Bonchev–Trinajstić information content (AvgIpc) is 3.47. The van der Waals surface area contributed by atoms with Crippen LogP contribution >= 0.6 is 23.3 Å². The highest BCUT2D eigenvalue weighted by Crippen LogP contribution is 2.40. The molecule has 2 atom stereocenters. The largest absolute Gasteiger partial charge is 0.543 e. The topological polar surface area (TPSA) is 184 Å². The van der Waals surface area contributed by atoms with E-state index in [0.717, 1.165) is 27.8 Å². The first-order valence-electron chi connectivity index (χ1n) is 10.5. The average molecular weight is 530 g/mol. The number of anilines is 1. The van der Waals surface area contributed by atoms with Gasteiger partial charge in [-0.25, -0.2) is 4.57 Å². The SMILES string of the molecule is CO/N=C(/C(=O)N[C@@H]1C(=O)N2C(C(=O)[O-])=C(C[n+]3cnn4c(C)cccc43)CS[C@H]12)c1nsc(N)n1. The first kappa shape index (κ1) is 23.7. The number of carbonyl (C=O) groups is 3. The fraction of sp³-hybridized carbons (Fsp3) is 0.300. The summed E-state index contributed by atoms with van der Waals surface area (Å²) in [6.07, 6.45) is 1.61. The van der Waals surface area contributed by atoms with Gasteiger partial charge in [0.1, 0.15) is 24.2 Å². The van der Waals surface area contributed by atoms with E-state index >= 15 is 0 Å². The smallest absolute Gasteiger partial charge is 0.278 e. The van der Waals surface area contributed by atoms with E-state index in [4.69, 9.17) is 10.6 Å². The van der Waals surface area contributed by atoms with Crippen LogP contribution in [0.4, 0.5) is 5.13 Å². The lowest BCUT2D eigenvalue weighted by Gasteiger charge is -2.50. The first-order valence-corrected chi connectivity index (χ1v) is 12.3. The third-order valence-electron chi connectivity index (χ3n) is 5.67. The molecule has 2 aliphatic heterocycles. The molecule has 0 aliphatic carbocycles. The Morgan fingerprint density at radius 1 is 1.42 bits per heavy atom. The minimum Gasteiger partial charge on any atom is -0.543 e. The van der Waals surface area contributed by atoms with Crippen molar-refractivity contribution >= 4 is 57.6 Å². The van der Waals surface area contributed by atoms with Crippen molar-refractivity contribution in [2.45, 2.75) is 24.9 Å². The highest BCUT2D eigenvalue weighted by atomic mass is 32.2. The zero-order valence-electron chi connectivity index (χ0n) is 18.9. The van der Waals surface area contributed by atoms with E-state index in [1.54, 1.807) is 15.4 Å². The Balaban J connectivity index is 1.38. The number of amides is 2. The zero-order valence-corrected chi connectivity index (χ0v) is 20.6. The summed E-state index contributed by atoms with van der Waals surface area (Å²) in [5, 5.41) is 22.2. The Hall–Kier alpha value is -4.05. The molecule has 5 heterocycles. The standard InChI is InChI=1S/C20H19N9O5S2/c1-9-4-3-5-11-27(8-22-29(9)11)6-10-7-35-18-13(17(31)28(18)14(10)19(32)33)23-16(30)12(25-34-2)15-24-20(21)36-26-15/h3-5,8,13,18H,6-7H2,1-2H3,(H3-,21,23,24,26,30,32,33)/b25-12+/t13-,18-/m1/s1. The molecule has 0 unspecified atom stereocenters. The first-order chi connectivity index (χ1) is 17.3. The van der Waals surface area contributed by atoms with E-state index in [2.05, 4.69) is 24.9 Å². The fourth-order valence-corrected chi connectivity index (χ4v) is 5.84. The summed E-state index contributed by atoms with van der Waals surface area (Å²) >= 11 is 2.21. The number of carboxylic acid groups (broad SMARTS) is 1. The van der Waals surface area contributed by atoms with Gasteiger partial charge in [-0.05, 0) is 18.6 Å². The van der Waals surface area contributed by atoms with Gasteiger partial charge in [0.2, 0.25) is 11.5 Å². The number of carbonyl (C=O) groups excluding carboxylic acids is 3. The van der Waals surface area contributed by atoms with Crippen LogP contribution in [0, 0.1) is 6.92 Å². The lowest BCUT2D eigenvalue weighted by atomic mass is 10.0. The summed E-state index contributed by atoms with van der Waals surface area (Å²) in [7, 11) is 1.25. The predicted molar refractivity (Wildman–Crippen MR) is 125 cm³/mol. The van der Waals surface area contributed by atoms with Gasteiger partial charge in [-0.1, -0.05) is 15.7 Å². The number of nitrogens with zero attached hydrogens (tertiary/aromatic N) is 7. The molecule has 16 heteroatoms. The number of nitrogens with two attached hydrogens (primary N) is 1. The van der Waals surface area contributed by atoms with Crippen LogP contribution < -0.4 is 20.7 Å². The molecule has 0 bridgehead atoms. The number of aliphatic carboxylic acids is 1. The molecule has 0 spiro atoms. The van der Waals surface area contributed by atoms with Crippen molar-refractivity contribution in [3.63, 3.8) is 0 Å². The molecule has 1 saturated heterocycles. The van der Waals surface area contributed by atoms with Gasteiger partial charge < -0.3 is 25.8 Å². The number of aryl methyl sites for hydroxylation is 1. The monoisotopic (exact) mass is 529 g/mol. The van der Waals surface area contributed by atoms with Gasteiger partial charge in [0.15, 0.2) is 5.13 Å². The molecule has 5 rings (SSSR count). The number of thioether (sulfide) groups is 1. The number of nitrogens with one attached hydrogen (secondary N) is 1. The van der Waals surface area contributed by atoms with Crippen LogP contribution in [0.5, 0.6) is 0 Å². The van der Waals surface area contributed by atoms with Crippen LogP contribution in [-0.4, -0.2) is 71.6 Å². The van der Waals surface area contributed by atoms with Gasteiger partial charge >= 0.3 is 0 Å². The zero-order chi connectivity index (χ0) is 25.6. The lowest BCUT2D eigenvalue weighted by Crippen LogP contribution is -2.71. The van der Waals surface area contributed by atoms with Crippen molar-refractivity contribution in [3.8, 4) is 0 Å². The second kappa shape index (κ2) is 9.19. The maximum Gasteiger partial charge on any atom is 0.278 e. The lowest BCUT2D eigenvalue weighted by molar-refractivity contribution is -0.664. The van der Waals surface area contributed by atoms with Crippen LogP contribution in [0.1, 0.15) is 11.5 Å². The Kier molecular flexibility index (Phi) is 6.05. The van der Waals surface area contributed by atoms with Crippen molar-refractivity contribution < 1.29 is 28.9 Å². The van der Waals surface area contributed by atoms with Crippen LogP contribution in [0.15, 0.2) is 41.0 Å². The molecule has 2 amide bonds. The number of nitrogen functional groups attached to an aromatic ring is 1. The molecule has 186 valence electrons. The third kappa shape index (κ3) is 3.93. The summed E-state index contributed by atoms with van der Waals surface area (Å²) in [6, 6.07) is 4.67. The molecule has 14 nitrogen and oxygen atoms in total. The molecule has 36 heavy (non-hydrogen) atoms. The second-order valence-corrected chi connectivity index (χ2v) is 9.76. The molecule has 1 fully saturated rings. The maximum absolute atomic E-state index is 13.0. The third-order valence-corrected chi connectivity index (χ3v) is 7.56. The molecular weight excluding hydrogens is 510 g/mol. The molecule has 0 radical (unpaired) electrons. The molecule has 0 aromatic carbocycles. The van der Waals surface area contributed by atoms with E-state index in [1.807, 2.05) is 25.1 Å². The van der Waals surface area contributed by atoms with E-state index in [-0.39, 0.29) is 28.9 Å². The number of oxime groups is 1. The summed E-state index contributed by atoms with van der Waals surface area (Å²) in [6.45, 7) is 2.12. The Morgan fingerprint density at radius 3 is 2.92 bits per heavy atom. The number of hydrogen-bond acceptors (Lipinski definition) is 12. The second-order valence-electron chi connectivity index (χ2n) is 7.88. The summed E-state index contributed by atoms with van der Waals surface area (Å²) in [5.41, 5.74) is 7.32. The molecule has 2 aliphatic rings. The van der Waals surface area contributed by atoms with Crippen LogP contribution in [0.25, 0.3) is 5.65 Å². The van der Waals surface area contributed by atoms with Crippen LogP contribution in [0.2, 0.25) is 0 Å². The Morgan fingerprint density at radius 2 is 2.22 bits per heavy atom. The predicted octanol–water partition coefficient (Wildman–Crippen LogP) is -2.18. The molecule has 3 N–H and O–H groups in total. The van der Waals surface area contributed by atoms with E-state index < -0.39 is 29.2 Å². The van der Waals surface area contributed by atoms with Gasteiger partial charge in [-0.2, -0.15) is 9.36 Å². The number of aromatic nitrogens is 5. The number of carboxylic acids is 1. The summed E-state index contributed by atoms with van der Waals surface area (Å²) < 4.78 is 7.49. The minimum absolute atomic E-state index is 0.0463. The quantitative estimate of drug-likeness (QED) is 0.148. The molecular formula is C20H19N9O5S2. The Labute approximate surface area is 211 Å². The van der Waals surface area contributed by atoms with Crippen LogP contribution in [0.3, 0.4) is 0 Å². The van der Waals surface area contributed by atoms with Gasteiger partial charge in [0, 0.05) is 28.5 Å². The minimum atomic E-state index is -1.47. The number of rotatable bonds is 7. The molecule has 3 aromatic heterocycles. The number of fused-ring (bicyclic) bond motifs is 2. The van der Waals surface area contributed by atoms with E-state index in [0.29, 0.717) is 11.3 Å². The van der Waals surface area contributed by atoms with Gasteiger partial charge in [0.05, 0.1) is 18.2 Å². The molecule has 0 saturated carbocycles. The van der Waals surface area contributed by atoms with Crippen molar-refractivity contribution in [2.75, 3.05) is 18.6 Å². The van der Waals surface area contributed by atoms with Crippen LogP contribution in [-0.2, 0) is 25.8 Å². The normalized spacial score (nSPS) is 19.8. The highest BCUT2D eigenvalue weighted by molar-refractivity contribution is 8.00. The summed E-state index contributed by atoms with van der Waals surface area (Å²) in [4.78, 5) is 47.7. The summed E-state index contributed by atoms with van der Waals surface area (Å²) in [5.74, 6) is -2.54. The van der Waals surface area contributed by atoms with E-state index in [9.17, 15) is 19.5 Å². The number of β-lactam (4-membered cyclic amide) rings is 1. The van der Waals surface area contributed by atoms with Crippen molar-refractivity contribution in [3.05, 3.63) is 47.3 Å².